The van der Waals surface area contributed by atoms with Gasteiger partial charge in [0.2, 0.25) is 0 Å². The van der Waals surface area contributed by atoms with Crippen molar-refractivity contribution in [3.8, 4) is 5.75 Å². The van der Waals surface area contributed by atoms with Gasteiger partial charge < -0.3 is 4.74 Å². The van der Waals surface area contributed by atoms with Gasteiger partial charge in [0.25, 0.3) is 0 Å². The van der Waals surface area contributed by atoms with Crippen LogP contribution in [0.5, 0.6) is 5.75 Å². The minimum absolute atomic E-state index is 0.251. The number of rotatable bonds is 4. The van der Waals surface area contributed by atoms with E-state index < -0.39 is 0 Å². The van der Waals surface area contributed by atoms with Gasteiger partial charge in [-0.05, 0) is 42.2 Å². The van der Waals surface area contributed by atoms with Gasteiger partial charge in [-0.15, -0.1) is 0 Å². The van der Waals surface area contributed by atoms with Crippen LogP contribution in [-0.2, 0) is 6.61 Å². The maximum absolute atomic E-state index is 13.0. The van der Waals surface area contributed by atoms with E-state index in [4.69, 9.17) is 4.74 Å². The molecule has 0 atom stereocenters. The van der Waals surface area contributed by atoms with E-state index in [0.717, 1.165) is 21.3 Å². The lowest BCUT2D eigenvalue weighted by Gasteiger charge is -2.13. The van der Waals surface area contributed by atoms with E-state index in [2.05, 4.69) is 48.0 Å². The maximum atomic E-state index is 13.0. The van der Waals surface area contributed by atoms with E-state index in [-0.39, 0.29) is 5.82 Å². The number of aryl methyl sites for hydroxylation is 1. The number of hydrogen-bond acceptors (Lipinski definition) is 1. The molecule has 0 spiro atoms. The second-order valence-electron chi connectivity index (χ2n) is 5.20. The van der Waals surface area contributed by atoms with Gasteiger partial charge in [0, 0.05) is 10.0 Å². The summed E-state index contributed by atoms with van der Waals surface area (Å²) in [4.78, 5) is 0. The molecule has 3 heteroatoms. The third-order valence-electron chi connectivity index (χ3n) is 3.28. The fraction of sp³-hybridized carbons (Fsp3) is 0.294. The van der Waals surface area contributed by atoms with Crippen LogP contribution in [0.3, 0.4) is 0 Å². The Morgan fingerprint density at radius 1 is 1.15 bits per heavy atom. The highest BCUT2D eigenvalue weighted by Gasteiger charge is 2.07. The number of benzene rings is 2. The van der Waals surface area contributed by atoms with Crippen LogP contribution in [0.25, 0.3) is 0 Å². The van der Waals surface area contributed by atoms with Crippen molar-refractivity contribution in [1.29, 1.82) is 0 Å². The molecule has 0 aromatic heterocycles. The SMILES string of the molecule is Cc1ccc(C(C)C)cc1OCc1ccc(F)cc1Br. The van der Waals surface area contributed by atoms with Crippen molar-refractivity contribution in [1.82, 2.24) is 0 Å². The number of halogens is 2. The molecule has 0 aliphatic heterocycles. The molecule has 0 amide bonds. The Morgan fingerprint density at radius 3 is 2.55 bits per heavy atom. The van der Waals surface area contributed by atoms with Crippen LogP contribution in [-0.4, -0.2) is 0 Å². The average molecular weight is 337 g/mol. The fourth-order valence-electron chi connectivity index (χ4n) is 1.93. The van der Waals surface area contributed by atoms with Crippen molar-refractivity contribution in [2.45, 2.75) is 33.3 Å². The molecule has 20 heavy (non-hydrogen) atoms. The van der Waals surface area contributed by atoms with Crippen molar-refractivity contribution in [2.24, 2.45) is 0 Å². The average Bonchev–Trinajstić information content (AvgIpc) is 2.39. The monoisotopic (exact) mass is 336 g/mol. The maximum Gasteiger partial charge on any atom is 0.124 e. The van der Waals surface area contributed by atoms with Crippen molar-refractivity contribution < 1.29 is 9.13 Å². The molecule has 0 saturated carbocycles. The second-order valence-corrected chi connectivity index (χ2v) is 6.06. The highest BCUT2D eigenvalue weighted by molar-refractivity contribution is 9.10. The molecule has 0 N–H and O–H groups in total. The number of ether oxygens (including phenoxy) is 1. The zero-order chi connectivity index (χ0) is 14.7. The van der Waals surface area contributed by atoms with Crippen LogP contribution in [0.15, 0.2) is 40.9 Å². The van der Waals surface area contributed by atoms with Crippen molar-refractivity contribution in [3.05, 3.63) is 63.4 Å². The molecule has 2 aromatic rings. The Bertz CT molecular complexity index is 608. The lowest BCUT2D eigenvalue weighted by atomic mass is 10.0. The zero-order valence-corrected chi connectivity index (χ0v) is 13.5. The van der Waals surface area contributed by atoms with Gasteiger partial charge in [0.1, 0.15) is 18.2 Å². The molecule has 2 aromatic carbocycles. The molecule has 106 valence electrons. The van der Waals surface area contributed by atoms with Crippen LogP contribution in [0.2, 0.25) is 0 Å². The second kappa shape index (κ2) is 6.40. The summed E-state index contributed by atoms with van der Waals surface area (Å²) in [6.07, 6.45) is 0. The molecule has 0 fully saturated rings. The van der Waals surface area contributed by atoms with Crippen LogP contribution < -0.4 is 4.74 Å². The first kappa shape index (κ1) is 15.0. The Kier molecular flexibility index (Phi) is 4.81. The summed E-state index contributed by atoms with van der Waals surface area (Å²) in [6.45, 7) is 6.76. The number of hydrogen-bond donors (Lipinski definition) is 0. The highest BCUT2D eigenvalue weighted by Crippen LogP contribution is 2.26. The van der Waals surface area contributed by atoms with Gasteiger partial charge in [0.05, 0.1) is 0 Å². The third kappa shape index (κ3) is 3.60. The topological polar surface area (TPSA) is 9.23 Å². The Labute approximate surface area is 127 Å². The summed E-state index contributed by atoms with van der Waals surface area (Å²) < 4.78 is 19.7. The summed E-state index contributed by atoms with van der Waals surface area (Å²) in [5.41, 5.74) is 3.29. The molecular weight excluding hydrogens is 319 g/mol. The van der Waals surface area contributed by atoms with E-state index in [0.29, 0.717) is 12.5 Å². The predicted molar refractivity (Wildman–Crippen MR) is 83.7 cm³/mol. The fourth-order valence-corrected chi connectivity index (χ4v) is 2.39. The molecule has 0 bridgehead atoms. The largest absolute Gasteiger partial charge is 0.489 e. The molecule has 0 aliphatic rings. The van der Waals surface area contributed by atoms with Crippen molar-refractivity contribution in [2.75, 3.05) is 0 Å². The normalized spacial score (nSPS) is 10.9. The van der Waals surface area contributed by atoms with E-state index in [1.807, 2.05) is 6.92 Å². The quantitative estimate of drug-likeness (QED) is 0.706. The molecular formula is C17H18BrFO. The third-order valence-corrected chi connectivity index (χ3v) is 4.02. The minimum Gasteiger partial charge on any atom is -0.489 e. The van der Waals surface area contributed by atoms with E-state index >= 15 is 0 Å². The van der Waals surface area contributed by atoms with Crippen LogP contribution in [0, 0.1) is 12.7 Å². The van der Waals surface area contributed by atoms with Gasteiger partial charge in [0.15, 0.2) is 0 Å². The lowest BCUT2D eigenvalue weighted by Crippen LogP contribution is -1.99. The minimum atomic E-state index is -0.251. The Balaban J connectivity index is 2.16. The first-order valence-corrected chi connectivity index (χ1v) is 7.44. The van der Waals surface area contributed by atoms with Crippen LogP contribution in [0.4, 0.5) is 4.39 Å². The van der Waals surface area contributed by atoms with E-state index in [1.54, 1.807) is 6.07 Å². The van der Waals surface area contributed by atoms with Crippen molar-refractivity contribution in [3.63, 3.8) is 0 Å². The summed E-state index contributed by atoms with van der Waals surface area (Å²) in [7, 11) is 0. The van der Waals surface area contributed by atoms with Gasteiger partial charge in [-0.1, -0.05) is 48.0 Å². The van der Waals surface area contributed by atoms with E-state index in [9.17, 15) is 4.39 Å². The first-order valence-electron chi connectivity index (χ1n) is 6.64. The molecule has 0 radical (unpaired) electrons. The molecule has 2 rings (SSSR count). The molecule has 0 aliphatic carbocycles. The summed E-state index contributed by atoms with van der Waals surface area (Å²) >= 11 is 3.36. The smallest absolute Gasteiger partial charge is 0.124 e. The standard InChI is InChI=1S/C17H18BrFO/c1-11(2)13-5-4-12(3)17(8-13)20-10-14-6-7-15(19)9-16(14)18/h4-9,11H,10H2,1-3H3. The summed E-state index contributed by atoms with van der Waals surface area (Å²) in [6, 6.07) is 10.9. The molecule has 0 heterocycles. The highest BCUT2D eigenvalue weighted by atomic mass is 79.9. The van der Waals surface area contributed by atoms with Gasteiger partial charge in [-0.3, -0.25) is 0 Å². The van der Waals surface area contributed by atoms with Gasteiger partial charge in [-0.2, -0.15) is 0 Å². The lowest BCUT2D eigenvalue weighted by molar-refractivity contribution is 0.302. The summed E-state index contributed by atoms with van der Waals surface area (Å²) in [5.74, 6) is 1.10. The van der Waals surface area contributed by atoms with Crippen molar-refractivity contribution >= 4 is 15.9 Å². The summed E-state index contributed by atoms with van der Waals surface area (Å²) in [5, 5.41) is 0. The van der Waals surface area contributed by atoms with E-state index in [1.165, 1.54) is 17.7 Å². The van der Waals surface area contributed by atoms with Gasteiger partial charge >= 0.3 is 0 Å². The Hall–Kier alpha value is -1.35. The van der Waals surface area contributed by atoms with Gasteiger partial charge in [-0.25, -0.2) is 4.39 Å². The zero-order valence-electron chi connectivity index (χ0n) is 11.9. The molecule has 0 saturated heterocycles. The van der Waals surface area contributed by atoms with Crippen LogP contribution in [0.1, 0.15) is 36.5 Å². The molecule has 1 nitrogen and oxygen atoms in total. The predicted octanol–water partition coefficient (Wildman–Crippen LogP) is 5.60. The first-order chi connectivity index (χ1) is 9.47. The molecule has 0 unspecified atom stereocenters. The Morgan fingerprint density at radius 2 is 1.90 bits per heavy atom. The van der Waals surface area contributed by atoms with Crippen LogP contribution >= 0.6 is 15.9 Å².